The number of aliphatic carboxylic acids is 1. The summed E-state index contributed by atoms with van der Waals surface area (Å²) >= 11 is 0. The summed E-state index contributed by atoms with van der Waals surface area (Å²) in [4.78, 5) is 23.7. The van der Waals surface area contributed by atoms with Crippen LogP contribution >= 0.6 is 0 Å². The Bertz CT molecular complexity index is 488. The maximum atomic E-state index is 11.9. The quantitative estimate of drug-likeness (QED) is 0.790. The molecule has 4 heteroatoms. The number of amides is 1. The number of hydrogen-bond acceptors (Lipinski definition) is 2. The van der Waals surface area contributed by atoms with Crippen LogP contribution in [0.2, 0.25) is 0 Å². The van der Waals surface area contributed by atoms with Crippen LogP contribution in [-0.4, -0.2) is 35.0 Å². The number of benzene rings is 1. The van der Waals surface area contributed by atoms with Gasteiger partial charge in [0, 0.05) is 0 Å². The van der Waals surface area contributed by atoms with E-state index in [9.17, 15) is 9.59 Å². The van der Waals surface area contributed by atoms with Crippen molar-refractivity contribution in [2.45, 2.75) is 13.3 Å². The first-order valence-corrected chi connectivity index (χ1v) is 5.51. The zero-order chi connectivity index (χ0) is 13.5. The second kappa shape index (κ2) is 6.45. The van der Waals surface area contributed by atoms with Gasteiger partial charge in [0.25, 0.3) is 0 Å². The molecule has 0 spiro atoms. The van der Waals surface area contributed by atoms with Gasteiger partial charge in [-0.2, -0.15) is 0 Å². The average molecular weight is 245 g/mol. The molecular formula is C14H15NO3. The fourth-order valence-electron chi connectivity index (χ4n) is 1.61. The summed E-state index contributed by atoms with van der Waals surface area (Å²) in [6.07, 6.45) is 5.29. The molecule has 0 heterocycles. The SMILES string of the molecule is C#CCN(CC(=O)O)C(=O)Cc1cccc(C)c1. The van der Waals surface area contributed by atoms with E-state index >= 15 is 0 Å². The largest absolute Gasteiger partial charge is 0.480 e. The van der Waals surface area contributed by atoms with Gasteiger partial charge in [-0.1, -0.05) is 35.7 Å². The molecule has 0 saturated carbocycles. The lowest BCUT2D eigenvalue weighted by Gasteiger charge is -2.17. The smallest absolute Gasteiger partial charge is 0.323 e. The molecule has 0 unspecified atom stereocenters. The van der Waals surface area contributed by atoms with Crippen molar-refractivity contribution in [3.8, 4) is 12.3 Å². The van der Waals surface area contributed by atoms with Gasteiger partial charge >= 0.3 is 5.97 Å². The molecule has 1 rings (SSSR count). The van der Waals surface area contributed by atoms with E-state index in [2.05, 4.69) is 5.92 Å². The summed E-state index contributed by atoms with van der Waals surface area (Å²) in [5.74, 6) is 0.949. The van der Waals surface area contributed by atoms with E-state index in [1.54, 1.807) is 0 Å². The van der Waals surface area contributed by atoms with E-state index in [-0.39, 0.29) is 25.4 Å². The third kappa shape index (κ3) is 4.30. The molecule has 1 aromatic carbocycles. The van der Waals surface area contributed by atoms with Crippen LogP contribution in [-0.2, 0) is 16.0 Å². The number of aryl methyl sites for hydroxylation is 1. The topological polar surface area (TPSA) is 57.6 Å². The fourth-order valence-corrected chi connectivity index (χ4v) is 1.61. The molecule has 0 aliphatic rings. The van der Waals surface area contributed by atoms with E-state index in [1.807, 2.05) is 31.2 Å². The standard InChI is InChI=1S/C14H15NO3/c1-3-7-15(10-14(17)18)13(16)9-12-6-4-5-11(2)8-12/h1,4-6,8H,7,9-10H2,2H3,(H,17,18). The highest BCUT2D eigenvalue weighted by Crippen LogP contribution is 2.06. The van der Waals surface area contributed by atoms with Gasteiger partial charge in [-0.05, 0) is 12.5 Å². The highest BCUT2D eigenvalue weighted by molar-refractivity contribution is 5.83. The molecule has 0 aliphatic carbocycles. The molecule has 0 bridgehead atoms. The van der Waals surface area contributed by atoms with E-state index in [0.717, 1.165) is 16.0 Å². The molecule has 18 heavy (non-hydrogen) atoms. The average Bonchev–Trinajstić information content (AvgIpc) is 2.27. The number of carbonyl (C=O) groups excluding carboxylic acids is 1. The van der Waals surface area contributed by atoms with Gasteiger partial charge in [0.2, 0.25) is 5.91 Å². The third-order valence-corrected chi connectivity index (χ3v) is 2.40. The molecule has 0 saturated heterocycles. The molecule has 0 aromatic heterocycles. The predicted molar refractivity (Wildman–Crippen MR) is 67.9 cm³/mol. The van der Waals surface area contributed by atoms with Gasteiger partial charge in [0.05, 0.1) is 13.0 Å². The van der Waals surface area contributed by atoms with Crippen molar-refractivity contribution in [2.75, 3.05) is 13.1 Å². The van der Waals surface area contributed by atoms with Gasteiger partial charge in [0.15, 0.2) is 0 Å². The molecule has 1 aromatic rings. The van der Waals surface area contributed by atoms with Gasteiger partial charge in [0.1, 0.15) is 6.54 Å². The van der Waals surface area contributed by atoms with E-state index in [1.165, 1.54) is 0 Å². The Labute approximate surface area is 106 Å². The van der Waals surface area contributed by atoms with Crippen LogP contribution in [0.5, 0.6) is 0 Å². The molecular weight excluding hydrogens is 230 g/mol. The molecule has 0 aliphatic heterocycles. The van der Waals surface area contributed by atoms with Gasteiger partial charge in [-0.25, -0.2) is 0 Å². The minimum Gasteiger partial charge on any atom is -0.480 e. The van der Waals surface area contributed by atoms with Crippen LogP contribution in [0.4, 0.5) is 0 Å². The maximum Gasteiger partial charge on any atom is 0.323 e. The van der Waals surface area contributed by atoms with E-state index in [0.29, 0.717) is 0 Å². The van der Waals surface area contributed by atoms with Gasteiger partial charge < -0.3 is 10.0 Å². The van der Waals surface area contributed by atoms with Crippen molar-refractivity contribution >= 4 is 11.9 Å². The van der Waals surface area contributed by atoms with Crippen LogP contribution in [0.25, 0.3) is 0 Å². The molecule has 0 atom stereocenters. The highest BCUT2D eigenvalue weighted by atomic mass is 16.4. The van der Waals surface area contributed by atoms with Crippen molar-refractivity contribution in [3.63, 3.8) is 0 Å². The lowest BCUT2D eigenvalue weighted by atomic mass is 10.1. The van der Waals surface area contributed by atoms with Crippen LogP contribution in [0.15, 0.2) is 24.3 Å². The Kier molecular flexibility index (Phi) is 4.94. The molecule has 1 amide bonds. The Morgan fingerprint density at radius 3 is 2.72 bits per heavy atom. The second-order valence-corrected chi connectivity index (χ2v) is 4.01. The van der Waals surface area contributed by atoms with Crippen LogP contribution in [0, 0.1) is 19.3 Å². The number of carbonyl (C=O) groups is 2. The zero-order valence-corrected chi connectivity index (χ0v) is 10.2. The first-order valence-electron chi connectivity index (χ1n) is 5.51. The number of nitrogens with zero attached hydrogens (tertiary/aromatic N) is 1. The molecule has 4 nitrogen and oxygen atoms in total. The number of rotatable bonds is 5. The van der Waals surface area contributed by atoms with E-state index in [4.69, 9.17) is 11.5 Å². The zero-order valence-electron chi connectivity index (χ0n) is 10.2. The lowest BCUT2D eigenvalue weighted by molar-refractivity contribution is -0.143. The van der Waals surface area contributed by atoms with Crippen LogP contribution < -0.4 is 0 Å². The van der Waals surface area contributed by atoms with E-state index < -0.39 is 5.97 Å². The molecule has 1 N–H and O–H groups in total. The monoisotopic (exact) mass is 245 g/mol. The van der Waals surface area contributed by atoms with Crippen molar-refractivity contribution in [1.29, 1.82) is 0 Å². The third-order valence-electron chi connectivity index (χ3n) is 2.40. The summed E-state index contributed by atoms with van der Waals surface area (Å²) in [7, 11) is 0. The number of carboxylic acid groups (broad SMARTS) is 1. The lowest BCUT2D eigenvalue weighted by Crippen LogP contribution is -2.36. The molecule has 0 radical (unpaired) electrons. The second-order valence-electron chi connectivity index (χ2n) is 4.01. The normalized spacial score (nSPS) is 9.56. The van der Waals surface area contributed by atoms with Crippen molar-refractivity contribution < 1.29 is 14.7 Å². The van der Waals surface area contributed by atoms with Crippen LogP contribution in [0.1, 0.15) is 11.1 Å². The Hall–Kier alpha value is -2.28. The van der Waals surface area contributed by atoms with Crippen molar-refractivity contribution in [1.82, 2.24) is 4.90 Å². The Morgan fingerprint density at radius 1 is 1.44 bits per heavy atom. The number of carboxylic acids is 1. The Morgan fingerprint density at radius 2 is 2.17 bits per heavy atom. The first-order chi connectivity index (χ1) is 8.52. The van der Waals surface area contributed by atoms with Crippen LogP contribution in [0.3, 0.4) is 0 Å². The summed E-state index contributed by atoms with van der Waals surface area (Å²) in [5, 5.41) is 8.71. The first kappa shape index (κ1) is 13.8. The summed E-state index contributed by atoms with van der Waals surface area (Å²) in [6.45, 7) is 1.58. The summed E-state index contributed by atoms with van der Waals surface area (Å²) < 4.78 is 0. The Balaban J connectivity index is 2.72. The van der Waals surface area contributed by atoms with Crippen molar-refractivity contribution in [2.24, 2.45) is 0 Å². The number of terminal acetylenes is 1. The summed E-state index contributed by atoms with van der Waals surface area (Å²) in [5.41, 5.74) is 1.91. The maximum absolute atomic E-state index is 11.9. The summed E-state index contributed by atoms with van der Waals surface area (Å²) in [6, 6.07) is 7.53. The van der Waals surface area contributed by atoms with Crippen molar-refractivity contribution in [3.05, 3.63) is 35.4 Å². The predicted octanol–water partition coefficient (Wildman–Crippen LogP) is 1.08. The highest BCUT2D eigenvalue weighted by Gasteiger charge is 2.15. The fraction of sp³-hybridized carbons (Fsp3) is 0.286. The minimum atomic E-state index is -1.07. The molecule has 0 fully saturated rings. The minimum absolute atomic E-state index is 0.0109. The number of hydrogen-bond donors (Lipinski definition) is 1. The van der Waals surface area contributed by atoms with Gasteiger partial charge in [-0.15, -0.1) is 6.42 Å². The molecule has 94 valence electrons. The van der Waals surface area contributed by atoms with Gasteiger partial charge in [-0.3, -0.25) is 9.59 Å².